The molecule has 2 aromatic heterocycles. The van der Waals surface area contributed by atoms with Crippen LogP contribution in [-0.2, 0) is 16.0 Å². The number of rotatable bonds is 6. The molecule has 1 aromatic carbocycles. The number of thioether (sulfide) groups is 1. The van der Waals surface area contributed by atoms with Gasteiger partial charge in [0.25, 0.3) is 5.56 Å². The van der Waals surface area contributed by atoms with E-state index in [1.54, 1.807) is 11.5 Å². The van der Waals surface area contributed by atoms with E-state index < -0.39 is 16.5 Å². The van der Waals surface area contributed by atoms with E-state index in [0.29, 0.717) is 16.7 Å². The molecule has 0 spiro atoms. The molecule has 3 rings (SSSR count). The predicted molar refractivity (Wildman–Crippen MR) is 99.2 cm³/mol. The van der Waals surface area contributed by atoms with Crippen LogP contribution in [0.1, 0.15) is 18.4 Å². The quantitative estimate of drug-likeness (QED) is 0.476. The van der Waals surface area contributed by atoms with Gasteiger partial charge >= 0.3 is 11.7 Å². The van der Waals surface area contributed by atoms with Gasteiger partial charge in [-0.2, -0.15) is 0 Å². The summed E-state index contributed by atoms with van der Waals surface area (Å²) in [5.74, 6) is 0.144. The van der Waals surface area contributed by atoms with Crippen molar-refractivity contribution in [1.29, 1.82) is 0 Å². The lowest BCUT2D eigenvalue weighted by molar-refractivity contribution is -0.139. The average Bonchev–Trinajstić information content (AvgIpc) is 3.02. The first kappa shape index (κ1) is 18.6. The van der Waals surface area contributed by atoms with Gasteiger partial charge in [-0.1, -0.05) is 30.0 Å². The van der Waals surface area contributed by atoms with Gasteiger partial charge < -0.3 is 9.72 Å². The number of esters is 1. The highest BCUT2D eigenvalue weighted by atomic mass is 32.2. The Morgan fingerprint density at radius 1 is 1.22 bits per heavy atom. The molecular weight excluding hydrogens is 370 g/mol. The van der Waals surface area contributed by atoms with E-state index in [4.69, 9.17) is 4.74 Å². The van der Waals surface area contributed by atoms with Gasteiger partial charge in [0.2, 0.25) is 0 Å². The van der Waals surface area contributed by atoms with Crippen molar-refractivity contribution in [2.45, 2.75) is 23.8 Å². The molecule has 140 valence electrons. The van der Waals surface area contributed by atoms with Crippen molar-refractivity contribution >= 4 is 17.7 Å². The summed E-state index contributed by atoms with van der Waals surface area (Å²) in [5.41, 5.74) is 0.126. The zero-order valence-electron chi connectivity index (χ0n) is 14.6. The summed E-state index contributed by atoms with van der Waals surface area (Å²) in [6, 6.07) is 10.7. The van der Waals surface area contributed by atoms with Crippen molar-refractivity contribution in [2.75, 3.05) is 7.11 Å². The number of aromatic nitrogens is 5. The molecule has 27 heavy (non-hydrogen) atoms. The van der Waals surface area contributed by atoms with Gasteiger partial charge in [-0.25, -0.2) is 4.79 Å². The van der Waals surface area contributed by atoms with E-state index in [1.807, 2.05) is 30.3 Å². The second kappa shape index (κ2) is 8.04. The average molecular weight is 387 g/mol. The fraction of sp³-hybridized carbons (Fsp3) is 0.235. The van der Waals surface area contributed by atoms with Gasteiger partial charge in [-0.3, -0.25) is 19.1 Å². The van der Waals surface area contributed by atoms with Crippen LogP contribution >= 0.6 is 11.8 Å². The number of para-hydroxylation sites is 1. The van der Waals surface area contributed by atoms with Crippen LogP contribution in [0.2, 0.25) is 0 Å². The topological polar surface area (TPSA) is 123 Å². The molecular formula is C17H17N5O4S. The molecule has 0 aliphatic carbocycles. The van der Waals surface area contributed by atoms with E-state index in [9.17, 15) is 14.4 Å². The Labute approximate surface area is 157 Å². The molecule has 9 nitrogen and oxygen atoms in total. The highest BCUT2D eigenvalue weighted by molar-refractivity contribution is 8.00. The summed E-state index contributed by atoms with van der Waals surface area (Å²) < 4.78 is 6.54. The van der Waals surface area contributed by atoms with E-state index >= 15 is 0 Å². The lowest BCUT2D eigenvalue weighted by atomic mass is 10.2. The van der Waals surface area contributed by atoms with Gasteiger partial charge in [0.1, 0.15) is 11.1 Å². The zero-order valence-corrected chi connectivity index (χ0v) is 15.4. The van der Waals surface area contributed by atoms with Crippen LogP contribution in [0.25, 0.3) is 5.69 Å². The fourth-order valence-electron chi connectivity index (χ4n) is 2.48. The maximum Gasteiger partial charge on any atom is 0.325 e. The van der Waals surface area contributed by atoms with Crippen molar-refractivity contribution in [2.24, 2.45) is 0 Å². The SMILES string of the molecule is COC(=O)[C@H](C)Sc1nnc(Cc2cc(=O)[nH]c(=O)[nH]2)n1-c1ccccc1. The van der Waals surface area contributed by atoms with Crippen LogP contribution in [0.5, 0.6) is 0 Å². The predicted octanol–water partition coefficient (Wildman–Crippen LogP) is 0.888. The van der Waals surface area contributed by atoms with Crippen LogP contribution in [0.3, 0.4) is 0 Å². The number of benzene rings is 1. The van der Waals surface area contributed by atoms with Gasteiger partial charge in [0.05, 0.1) is 7.11 Å². The van der Waals surface area contributed by atoms with Crippen molar-refractivity contribution in [3.05, 3.63) is 68.8 Å². The van der Waals surface area contributed by atoms with Crippen molar-refractivity contribution in [1.82, 2.24) is 24.7 Å². The lowest BCUT2D eigenvalue weighted by Crippen LogP contribution is -2.23. The number of ether oxygens (including phenoxy) is 1. The van der Waals surface area contributed by atoms with Gasteiger partial charge in [0, 0.05) is 23.9 Å². The minimum Gasteiger partial charge on any atom is -0.468 e. The Morgan fingerprint density at radius 3 is 2.63 bits per heavy atom. The summed E-state index contributed by atoms with van der Waals surface area (Å²) >= 11 is 1.21. The van der Waals surface area contributed by atoms with Gasteiger partial charge in [-0.15, -0.1) is 10.2 Å². The van der Waals surface area contributed by atoms with Crippen molar-refractivity contribution < 1.29 is 9.53 Å². The number of nitrogens with zero attached hydrogens (tertiary/aromatic N) is 3. The number of nitrogens with one attached hydrogen (secondary N) is 2. The molecule has 2 N–H and O–H groups in total. The summed E-state index contributed by atoms with van der Waals surface area (Å²) in [7, 11) is 1.33. The molecule has 2 heterocycles. The second-order valence-corrected chi connectivity index (χ2v) is 6.95. The Bertz CT molecular complexity index is 1030. The van der Waals surface area contributed by atoms with Gasteiger partial charge in [0.15, 0.2) is 5.16 Å². The molecule has 0 saturated carbocycles. The molecule has 1 atom stereocenters. The Balaban J connectivity index is 2.02. The summed E-state index contributed by atoms with van der Waals surface area (Å²) in [6.45, 7) is 1.72. The second-order valence-electron chi connectivity index (χ2n) is 5.64. The van der Waals surface area contributed by atoms with E-state index in [0.717, 1.165) is 5.69 Å². The normalized spacial score (nSPS) is 11.9. The first-order valence-electron chi connectivity index (χ1n) is 8.04. The van der Waals surface area contributed by atoms with Crippen molar-refractivity contribution in [3.63, 3.8) is 0 Å². The standard InChI is InChI=1S/C17H17N5O4S/c1-10(15(24)26-2)27-17-21-20-13(22(17)12-6-4-3-5-7-12)8-11-9-14(23)19-16(25)18-11/h3-7,9-10H,8H2,1-2H3,(H2,18,19,23,25)/t10-/m0/s1. The van der Waals surface area contributed by atoms with E-state index in [-0.39, 0.29) is 12.4 Å². The number of hydrogen-bond acceptors (Lipinski definition) is 7. The Hall–Kier alpha value is -3.14. The molecule has 0 saturated heterocycles. The largest absolute Gasteiger partial charge is 0.468 e. The number of H-pyrrole nitrogens is 2. The highest BCUT2D eigenvalue weighted by Gasteiger charge is 2.21. The monoisotopic (exact) mass is 387 g/mol. The van der Waals surface area contributed by atoms with Crippen LogP contribution in [-0.4, -0.2) is 43.1 Å². The highest BCUT2D eigenvalue weighted by Crippen LogP contribution is 2.26. The maximum absolute atomic E-state index is 11.8. The van der Waals surface area contributed by atoms with Crippen LogP contribution < -0.4 is 11.2 Å². The Kier molecular flexibility index (Phi) is 5.55. The molecule has 0 aliphatic heterocycles. The third kappa shape index (κ3) is 4.34. The third-order valence-electron chi connectivity index (χ3n) is 3.69. The number of carbonyl (C=O) groups excluding carboxylic acids is 1. The summed E-state index contributed by atoms with van der Waals surface area (Å²) in [5, 5.41) is 8.39. The van der Waals surface area contributed by atoms with Crippen LogP contribution in [0.4, 0.5) is 0 Å². The summed E-state index contributed by atoms with van der Waals surface area (Å²) in [4.78, 5) is 39.5. The smallest absolute Gasteiger partial charge is 0.325 e. The Morgan fingerprint density at radius 2 is 1.96 bits per heavy atom. The molecule has 0 radical (unpaired) electrons. The number of aromatic amines is 2. The molecule has 0 aliphatic rings. The minimum atomic E-state index is -0.586. The first-order chi connectivity index (χ1) is 13.0. The molecule has 3 aromatic rings. The van der Waals surface area contributed by atoms with Crippen molar-refractivity contribution in [3.8, 4) is 5.69 Å². The fourth-order valence-corrected chi connectivity index (χ4v) is 3.40. The molecule has 10 heteroatoms. The zero-order chi connectivity index (χ0) is 19.4. The lowest BCUT2D eigenvalue weighted by Gasteiger charge is -2.12. The number of hydrogen-bond donors (Lipinski definition) is 2. The summed E-state index contributed by atoms with van der Waals surface area (Å²) in [6.07, 6.45) is 0.189. The number of methoxy groups -OCH3 is 1. The van der Waals surface area contributed by atoms with E-state index in [2.05, 4.69) is 20.2 Å². The molecule has 0 bridgehead atoms. The van der Waals surface area contributed by atoms with E-state index in [1.165, 1.54) is 24.9 Å². The minimum absolute atomic E-state index is 0.189. The molecule has 0 unspecified atom stereocenters. The third-order valence-corrected chi connectivity index (χ3v) is 4.72. The molecule has 0 amide bonds. The van der Waals surface area contributed by atoms with Gasteiger partial charge in [-0.05, 0) is 19.1 Å². The van der Waals surface area contributed by atoms with Crippen LogP contribution in [0.15, 0.2) is 51.1 Å². The first-order valence-corrected chi connectivity index (χ1v) is 8.92. The maximum atomic E-state index is 11.8. The van der Waals surface area contributed by atoms with Crippen LogP contribution in [0, 0.1) is 0 Å². The molecule has 0 fully saturated rings. The number of carbonyl (C=O) groups is 1.